The van der Waals surface area contributed by atoms with Gasteiger partial charge in [-0.05, 0) is 68.8 Å². The van der Waals surface area contributed by atoms with E-state index >= 15 is 0 Å². The fourth-order valence-electron chi connectivity index (χ4n) is 2.75. The number of nitrogens with zero attached hydrogens (tertiary/aromatic N) is 1. The first kappa shape index (κ1) is 12.7. The quantitative estimate of drug-likeness (QED) is 0.767. The van der Waals surface area contributed by atoms with Crippen molar-refractivity contribution in [3.63, 3.8) is 0 Å². The Morgan fingerprint density at radius 1 is 1.38 bits per heavy atom. The van der Waals surface area contributed by atoms with E-state index in [4.69, 9.17) is 0 Å². The topological polar surface area (TPSA) is 15.3 Å². The van der Waals surface area contributed by atoms with Gasteiger partial charge in [0.2, 0.25) is 0 Å². The van der Waals surface area contributed by atoms with Crippen molar-refractivity contribution >= 4 is 11.8 Å². The van der Waals surface area contributed by atoms with Crippen molar-refractivity contribution in [1.29, 1.82) is 0 Å². The Labute approximate surface area is 105 Å². The molecule has 2 aliphatic rings. The molecule has 2 fully saturated rings. The van der Waals surface area contributed by atoms with Crippen LogP contribution in [0.15, 0.2) is 0 Å². The van der Waals surface area contributed by atoms with E-state index in [-0.39, 0.29) is 0 Å². The third-order valence-electron chi connectivity index (χ3n) is 3.72. The van der Waals surface area contributed by atoms with E-state index in [1.165, 1.54) is 63.5 Å². The second-order valence-electron chi connectivity index (χ2n) is 5.50. The molecule has 1 N–H and O–H groups in total. The predicted octanol–water partition coefficient (Wildman–Crippen LogP) is 2.06. The van der Waals surface area contributed by atoms with Crippen molar-refractivity contribution < 1.29 is 0 Å². The second-order valence-corrected chi connectivity index (χ2v) is 6.65. The molecule has 2 atom stereocenters. The smallest absolute Gasteiger partial charge is 0.00191 e. The maximum Gasteiger partial charge on any atom is 0.00191 e. The minimum absolute atomic E-state index is 0.812. The van der Waals surface area contributed by atoms with Gasteiger partial charge in [-0.1, -0.05) is 6.92 Å². The Hall–Kier alpha value is 0.270. The zero-order chi connectivity index (χ0) is 11.2. The maximum atomic E-state index is 3.66. The third kappa shape index (κ3) is 4.27. The van der Waals surface area contributed by atoms with Crippen LogP contribution in [0.4, 0.5) is 0 Å². The van der Waals surface area contributed by atoms with Crippen LogP contribution >= 0.6 is 11.8 Å². The van der Waals surface area contributed by atoms with E-state index < -0.39 is 0 Å². The van der Waals surface area contributed by atoms with Gasteiger partial charge in [0.1, 0.15) is 0 Å². The molecule has 2 rings (SSSR count). The monoisotopic (exact) mass is 242 g/mol. The number of hydrogen-bond donors (Lipinski definition) is 1. The Bertz CT molecular complexity index is 186. The SMILES string of the molecule is CC(CNCC1CCSC1)CN1CCCC1. The molecule has 16 heavy (non-hydrogen) atoms. The van der Waals surface area contributed by atoms with Crippen LogP contribution in [0.25, 0.3) is 0 Å². The van der Waals surface area contributed by atoms with Crippen LogP contribution < -0.4 is 5.32 Å². The van der Waals surface area contributed by atoms with Crippen molar-refractivity contribution in [1.82, 2.24) is 10.2 Å². The molecule has 2 nitrogen and oxygen atoms in total. The standard InChI is InChI=1S/C13H26N2S/c1-12(10-15-5-2-3-6-15)8-14-9-13-4-7-16-11-13/h12-14H,2-11H2,1H3. The molecule has 0 radical (unpaired) electrons. The summed E-state index contributed by atoms with van der Waals surface area (Å²) in [4.78, 5) is 2.62. The molecule has 0 aromatic rings. The summed E-state index contributed by atoms with van der Waals surface area (Å²) in [5.74, 6) is 4.53. The fourth-order valence-corrected chi connectivity index (χ4v) is 4.03. The van der Waals surface area contributed by atoms with E-state index in [0.29, 0.717) is 0 Å². The summed E-state index contributed by atoms with van der Waals surface area (Å²) >= 11 is 2.12. The van der Waals surface area contributed by atoms with Crippen LogP contribution in [0.2, 0.25) is 0 Å². The van der Waals surface area contributed by atoms with Crippen LogP contribution in [0.1, 0.15) is 26.2 Å². The average Bonchev–Trinajstić information content (AvgIpc) is 2.90. The largest absolute Gasteiger partial charge is 0.316 e. The highest BCUT2D eigenvalue weighted by Gasteiger charge is 2.16. The lowest BCUT2D eigenvalue weighted by Gasteiger charge is -2.21. The summed E-state index contributed by atoms with van der Waals surface area (Å²) in [7, 11) is 0. The third-order valence-corrected chi connectivity index (χ3v) is 4.95. The van der Waals surface area contributed by atoms with Gasteiger partial charge in [-0.25, -0.2) is 0 Å². The molecule has 2 aliphatic heterocycles. The van der Waals surface area contributed by atoms with Crippen LogP contribution in [0.5, 0.6) is 0 Å². The van der Waals surface area contributed by atoms with Crippen LogP contribution in [0, 0.1) is 11.8 Å². The van der Waals surface area contributed by atoms with E-state index in [2.05, 4.69) is 28.9 Å². The first-order chi connectivity index (χ1) is 7.84. The van der Waals surface area contributed by atoms with Gasteiger partial charge in [-0.3, -0.25) is 0 Å². The molecule has 0 saturated carbocycles. The first-order valence-corrected chi connectivity index (χ1v) is 8.01. The van der Waals surface area contributed by atoms with Gasteiger partial charge >= 0.3 is 0 Å². The minimum atomic E-state index is 0.812. The Balaban J connectivity index is 1.51. The summed E-state index contributed by atoms with van der Waals surface area (Å²) < 4.78 is 0. The van der Waals surface area contributed by atoms with E-state index in [1.54, 1.807) is 0 Å². The highest BCUT2D eigenvalue weighted by molar-refractivity contribution is 7.99. The zero-order valence-electron chi connectivity index (χ0n) is 10.6. The number of rotatable bonds is 6. The van der Waals surface area contributed by atoms with Gasteiger partial charge in [-0.15, -0.1) is 0 Å². The molecule has 0 aliphatic carbocycles. The summed E-state index contributed by atoms with van der Waals surface area (Å²) in [6.07, 6.45) is 4.26. The van der Waals surface area contributed by atoms with Crippen LogP contribution in [-0.4, -0.2) is 49.1 Å². The van der Waals surface area contributed by atoms with Crippen molar-refractivity contribution in [2.24, 2.45) is 11.8 Å². The second kappa shape index (κ2) is 6.87. The molecule has 0 bridgehead atoms. The van der Waals surface area contributed by atoms with E-state index in [9.17, 15) is 0 Å². The maximum absolute atomic E-state index is 3.66. The van der Waals surface area contributed by atoms with Crippen molar-refractivity contribution in [2.45, 2.75) is 26.2 Å². The molecule has 2 heterocycles. The minimum Gasteiger partial charge on any atom is -0.316 e. The van der Waals surface area contributed by atoms with Crippen molar-refractivity contribution in [2.75, 3.05) is 44.2 Å². The Morgan fingerprint density at radius 2 is 2.19 bits per heavy atom. The summed E-state index contributed by atoms with van der Waals surface area (Å²) in [5, 5.41) is 3.66. The number of likely N-dealkylation sites (tertiary alicyclic amines) is 1. The van der Waals surface area contributed by atoms with Crippen molar-refractivity contribution in [3.8, 4) is 0 Å². The highest BCUT2D eigenvalue weighted by Crippen LogP contribution is 2.22. The molecule has 2 unspecified atom stereocenters. The predicted molar refractivity (Wildman–Crippen MR) is 73.1 cm³/mol. The van der Waals surface area contributed by atoms with Crippen LogP contribution in [-0.2, 0) is 0 Å². The van der Waals surface area contributed by atoms with Gasteiger partial charge in [0.25, 0.3) is 0 Å². The van der Waals surface area contributed by atoms with Crippen LogP contribution in [0.3, 0.4) is 0 Å². The van der Waals surface area contributed by atoms with Crippen molar-refractivity contribution in [3.05, 3.63) is 0 Å². The van der Waals surface area contributed by atoms with Gasteiger partial charge < -0.3 is 10.2 Å². The number of nitrogens with one attached hydrogen (secondary N) is 1. The molecule has 3 heteroatoms. The van der Waals surface area contributed by atoms with Gasteiger partial charge in [0, 0.05) is 6.54 Å². The average molecular weight is 242 g/mol. The van der Waals surface area contributed by atoms with Gasteiger partial charge in [0.15, 0.2) is 0 Å². The lowest BCUT2D eigenvalue weighted by Crippen LogP contribution is -2.33. The normalized spacial score (nSPS) is 28.7. The molecule has 94 valence electrons. The fraction of sp³-hybridized carbons (Fsp3) is 1.00. The molecule has 0 aromatic heterocycles. The van der Waals surface area contributed by atoms with E-state index in [0.717, 1.165) is 11.8 Å². The molecule has 2 saturated heterocycles. The summed E-state index contributed by atoms with van der Waals surface area (Å²) in [6.45, 7) is 8.81. The lowest BCUT2D eigenvalue weighted by atomic mass is 10.1. The Morgan fingerprint density at radius 3 is 2.88 bits per heavy atom. The number of hydrogen-bond acceptors (Lipinski definition) is 3. The summed E-state index contributed by atoms with van der Waals surface area (Å²) in [6, 6.07) is 0. The molecule has 0 spiro atoms. The highest BCUT2D eigenvalue weighted by atomic mass is 32.2. The first-order valence-electron chi connectivity index (χ1n) is 6.85. The summed E-state index contributed by atoms with van der Waals surface area (Å²) in [5.41, 5.74) is 0. The molecular formula is C13H26N2S. The van der Waals surface area contributed by atoms with Gasteiger partial charge in [-0.2, -0.15) is 11.8 Å². The zero-order valence-corrected chi connectivity index (χ0v) is 11.4. The molecule has 0 amide bonds. The van der Waals surface area contributed by atoms with E-state index in [1.807, 2.05) is 0 Å². The number of thioether (sulfide) groups is 1. The molecular weight excluding hydrogens is 216 g/mol. The van der Waals surface area contributed by atoms with Gasteiger partial charge in [0.05, 0.1) is 0 Å². The molecule has 0 aromatic carbocycles. The Kier molecular flexibility index (Phi) is 5.46. The lowest BCUT2D eigenvalue weighted by molar-refractivity contribution is 0.281.